The number of carbonyl (C=O) groups is 1. The monoisotopic (exact) mass is 402 g/mol. The number of esters is 1. The Kier molecular flexibility index (Phi) is 5.45. The molecule has 0 radical (unpaired) electrons. The first-order valence-corrected chi connectivity index (χ1v) is 8.34. The second-order valence-electron chi connectivity index (χ2n) is 5.23. The molecule has 0 amide bonds. The zero-order chi connectivity index (χ0) is 17.6. The van der Waals surface area contributed by atoms with Gasteiger partial charge in [0.1, 0.15) is 5.75 Å². The van der Waals surface area contributed by atoms with Crippen molar-refractivity contribution in [3.8, 4) is 17.1 Å². The van der Waals surface area contributed by atoms with Crippen molar-refractivity contribution in [2.45, 2.75) is 13.5 Å². The van der Waals surface area contributed by atoms with Crippen molar-refractivity contribution in [3.63, 3.8) is 0 Å². The summed E-state index contributed by atoms with van der Waals surface area (Å²) in [6.45, 7) is 1.67. The molecule has 6 nitrogen and oxygen atoms in total. The molecule has 0 aliphatic rings. The lowest BCUT2D eigenvalue weighted by Gasteiger charge is -2.05. The van der Waals surface area contributed by atoms with E-state index in [-0.39, 0.29) is 19.1 Å². The van der Waals surface area contributed by atoms with E-state index in [9.17, 15) is 4.79 Å². The van der Waals surface area contributed by atoms with Crippen molar-refractivity contribution >= 4 is 21.9 Å². The molecule has 2 aromatic carbocycles. The first kappa shape index (κ1) is 17.2. The van der Waals surface area contributed by atoms with E-state index in [0.717, 1.165) is 15.6 Å². The number of ether oxygens (including phenoxy) is 2. The first-order valence-electron chi connectivity index (χ1n) is 7.54. The highest BCUT2D eigenvalue weighted by Gasteiger charge is 2.12. The van der Waals surface area contributed by atoms with Crippen LogP contribution in [-0.2, 0) is 16.1 Å². The normalized spacial score (nSPS) is 10.5. The van der Waals surface area contributed by atoms with Crippen molar-refractivity contribution in [2.75, 3.05) is 6.61 Å². The Morgan fingerprint density at radius 2 is 2.04 bits per heavy atom. The van der Waals surface area contributed by atoms with Crippen molar-refractivity contribution in [3.05, 3.63) is 64.5 Å². The minimum absolute atomic E-state index is 0.0977. The van der Waals surface area contributed by atoms with Gasteiger partial charge in [0, 0.05) is 10.0 Å². The van der Waals surface area contributed by atoms with E-state index in [4.69, 9.17) is 14.0 Å². The van der Waals surface area contributed by atoms with Gasteiger partial charge in [-0.25, -0.2) is 4.79 Å². The Balaban J connectivity index is 1.52. The summed E-state index contributed by atoms with van der Waals surface area (Å²) >= 11 is 3.33. The molecule has 1 heterocycles. The van der Waals surface area contributed by atoms with Gasteiger partial charge >= 0.3 is 5.97 Å². The number of carbonyl (C=O) groups excluding carboxylic acids is 1. The molecule has 0 aliphatic carbocycles. The molecular formula is C18H15BrN2O4. The molecule has 0 bridgehead atoms. The van der Waals surface area contributed by atoms with Gasteiger partial charge in [0.25, 0.3) is 5.89 Å². The van der Waals surface area contributed by atoms with Crippen LogP contribution in [0.2, 0.25) is 0 Å². The average Bonchev–Trinajstić information content (AvgIpc) is 3.07. The standard InChI is InChI=1S/C18H15BrN2O4/c1-12-5-2-3-8-15(12)18-20-16(25-21-18)10-24-17(22)11-23-14-7-4-6-13(19)9-14/h2-9H,10-11H2,1H3. The third kappa shape index (κ3) is 4.67. The molecule has 3 aromatic rings. The highest BCUT2D eigenvalue weighted by Crippen LogP contribution is 2.20. The molecule has 0 saturated heterocycles. The second kappa shape index (κ2) is 7.94. The minimum Gasteiger partial charge on any atom is -0.482 e. The van der Waals surface area contributed by atoms with Gasteiger partial charge in [0.05, 0.1) is 0 Å². The topological polar surface area (TPSA) is 74.5 Å². The van der Waals surface area contributed by atoms with Crippen molar-refractivity contribution in [1.82, 2.24) is 10.1 Å². The average molecular weight is 403 g/mol. The summed E-state index contributed by atoms with van der Waals surface area (Å²) in [6, 6.07) is 14.9. The lowest BCUT2D eigenvalue weighted by molar-refractivity contribution is -0.148. The van der Waals surface area contributed by atoms with Gasteiger partial charge in [-0.05, 0) is 30.7 Å². The number of benzene rings is 2. The fourth-order valence-corrected chi connectivity index (χ4v) is 2.51. The quantitative estimate of drug-likeness (QED) is 0.581. The van der Waals surface area contributed by atoms with Crippen LogP contribution >= 0.6 is 15.9 Å². The van der Waals surface area contributed by atoms with E-state index in [0.29, 0.717) is 11.6 Å². The predicted octanol–water partition coefficient (Wildman–Crippen LogP) is 3.93. The Morgan fingerprint density at radius 3 is 2.84 bits per heavy atom. The van der Waals surface area contributed by atoms with Crippen LogP contribution in [0.3, 0.4) is 0 Å². The zero-order valence-electron chi connectivity index (χ0n) is 13.4. The van der Waals surface area contributed by atoms with E-state index < -0.39 is 5.97 Å². The SMILES string of the molecule is Cc1ccccc1-c1noc(COC(=O)COc2cccc(Br)c2)n1. The summed E-state index contributed by atoms with van der Waals surface area (Å²) in [6.07, 6.45) is 0. The second-order valence-corrected chi connectivity index (χ2v) is 6.15. The Morgan fingerprint density at radius 1 is 1.20 bits per heavy atom. The van der Waals surface area contributed by atoms with Crippen molar-refractivity contribution in [1.29, 1.82) is 0 Å². The molecule has 7 heteroatoms. The first-order chi connectivity index (χ1) is 12.1. The molecule has 0 spiro atoms. The van der Waals surface area contributed by atoms with Crippen molar-refractivity contribution < 1.29 is 18.8 Å². The number of hydrogen-bond donors (Lipinski definition) is 0. The molecule has 0 N–H and O–H groups in total. The summed E-state index contributed by atoms with van der Waals surface area (Å²) in [5.41, 5.74) is 1.91. The van der Waals surface area contributed by atoms with Gasteiger partial charge < -0.3 is 14.0 Å². The third-order valence-corrected chi connectivity index (χ3v) is 3.86. The predicted molar refractivity (Wildman–Crippen MR) is 93.9 cm³/mol. The van der Waals surface area contributed by atoms with E-state index in [1.54, 1.807) is 12.1 Å². The zero-order valence-corrected chi connectivity index (χ0v) is 15.0. The maximum atomic E-state index is 11.8. The highest BCUT2D eigenvalue weighted by atomic mass is 79.9. The maximum Gasteiger partial charge on any atom is 0.344 e. The van der Waals surface area contributed by atoms with Crippen LogP contribution in [0.4, 0.5) is 0 Å². The molecule has 3 rings (SSSR count). The summed E-state index contributed by atoms with van der Waals surface area (Å²) in [5.74, 6) is 0.755. The van der Waals surface area contributed by atoms with Gasteiger partial charge in [0.15, 0.2) is 13.2 Å². The molecule has 0 aliphatic heterocycles. The van der Waals surface area contributed by atoms with Gasteiger partial charge in [-0.15, -0.1) is 0 Å². The van der Waals surface area contributed by atoms with Gasteiger partial charge in [-0.3, -0.25) is 0 Å². The lowest BCUT2D eigenvalue weighted by Crippen LogP contribution is -2.14. The van der Waals surface area contributed by atoms with E-state index >= 15 is 0 Å². The summed E-state index contributed by atoms with van der Waals surface area (Å²) < 4.78 is 16.4. The molecule has 25 heavy (non-hydrogen) atoms. The number of rotatable bonds is 6. The number of halogens is 1. The number of aryl methyl sites for hydroxylation is 1. The highest BCUT2D eigenvalue weighted by molar-refractivity contribution is 9.10. The van der Waals surface area contributed by atoms with Crippen LogP contribution in [0, 0.1) is 6.92 Å². The maximum absolute atomic E-state index is 11.8. The van der Waals surface area contributed by atoms with Crippen molar-refractivity contribution in [2.24, 2.45) is 0 Å². The van der Waals surface area contributed by atoms with E-state index in [1.807, 2.05) is 43.3 Å². The third-order valence-electron chi connectivity index (χ3n) is 3.36. The van der Waals surface area contributed by atoms with Crippen LogP contribution in [0.5, 0.6) is 5.75 Å². The van der Waals surface area contributed by atoms with Gasteiger partial charge in [-0.2, -0.15) is 4.98 Å². The molecule has 0 unspecified atom stereocenters. The van der Waals surface area contributed by atoms with Crippen LogP contribution < -0.4 is 4.74 Å². The Labute approximate surface area is 152 Å². The lowest BCUT2D eigenvalue weighted by atomic mass is 10.1. The van der Waals surface area contributed by atoms with Gasteiger partial charge in [-0.1, -0.05) is 51.4 Å². The number of aromatic nitrogens is 2. The Bertz CT molecular complexity index is 879. The van der Waals surface area contributed by atoms with Crippen LogP contribution in [-0.4, -0.2) is 22.7 Å². The largest absolute Gasteiger partial charge is 0.482 e. The Hall–Kier alpha value is -2.67. The van der Waals surface area contributed by atoms with Crippen LogP contribution in [0.15, 0.2) is 57.5 Å². The summed E-state index contributed by atoms with van der Waals surface area (Å²) in [4.78, 5) is 16.0. The fraction of sp³-hybridized carbons (Fsp3) is 0.167. The smallest absolute Gasteiger partial charge is 0.344 e. The number of nitrogens with zero attached hydrogens (tertiary/aromatic N) is 2. The molecule has 0 saturated carbocycles. The molecule has 128 valence electrons. The molecular weight excluding hydrogens is 388 g/mol. The summed E-state index contributed by atoms with van der Waals surface area (Å²) in [5, 5.41) is 3.91. The van der Waals surface area contributed by atoms with Crippen LogP contribution in [0.1, 0.15) is 11.5 Å². The van der Waals surface area contributed by atoms with E-state index in [1.165, 1.54) is 0 Å². The van der Waals surface area contributed by atoms with Crippen LogP contribution in [0.25, 0.3) is 11.4 Å². The molecule has 0 atom stereocenters. The van der Waals surface area contributed by atoms with E-state index in [2.05, 4.69) is 26.1 Å². The molecule has 1 aromatic heterocycles. The minimum atomic E-state index is -0.518. The summed E-state index contributed by atoms with van der Waals surface area (Å²) in [7, 11) is 0. The molecule has 0 fully saturated rings. The fourth-order valence-electron chi connectivity index (χ4n) is 2.13. The van der Waals surface area contributed by atoms with Gasteiger partial charge in [0.2, 0.25) is 5.82 Å². The number of hydrogen-bond acceptors (Lipinski definition) is 6.